The van der Waals surface area contributed by atoms with Crippen LogP contribution in [-0.2, 0) is 17.4 Å². The van der Waals surface area contributed by atoms with Crippen molar-refractivity contribution in [3.8, 4) is 11.5 Å². The van der Waals surface area contributed by atoms with Crippen LogP contribution in [0.1, 0.15) is 36.1 Å². The van der Waals surface area contributed by atoms with Gasteiger partial charge in [-0.1, -0.05) is 12.1 Å². The highest BCUT2D eigenvalue weighted by atomic mass is 19.4. The molecule has 0 radical (unpaired) electrons. The highest BCUT2D eigenvalue weighted by molar-refractivity contribution is 5.76. The molecule has 0 bridgehead atoms. The lowest BCUT2D eigenvalue weighted by molar-refractivity contribution is -0.137. The summed E-state index contributed by atoms with van der Waals surface area (Å²) in [6.45, 7) is 1.65. The SMILES string of the molecule is COc1ccc(OC)c(CCC(=O)NC(C)c2cccc(C(F)(F)F)c2)c1. The van der Waals surface area contributed by atoms with Gasteiger partial charge < -0.3 is 14.8 Å². The van der Waals surface area contributed by atoms with Crippen molar-refractivity contribution in [3.63, 3.8) is 0 Å². The van der Waals surface area contributed by atoms with Crippen LogP contribution in [0, 0.1) is 0 Å². The fourth-order valence-corrected chi connectivity index (χ4v) is 2.71. The van der Waals surface area contributed by atoms with Crippen molar-refractivity contribution in [1.29, 1.82) is 0 Å². The van der Waals surface area contributed by atoms with Crippen LogP contribution in [0.3, 0.4) is 0 Å². The molecular weight excluding hydrogens is 359 g/mol. The molecule has 1 amide bonds. The largest absolute Gasteiger partial charge is 0.497 e. The van der Waals surface area contributed by atoms with Gasteiger partial charge in [-0.05, 0) is 54.8 Å². The highest BCUT2D eigenvalue weighted by Crippen LogP contribution is 2.31. The summed E-state index contributed by atoms with van der Waals surface area (Å²) < 4.78 is 48.9. The van der Waals surface area contributed by atoms with Gasteiger partial charge in [0, 0.05) is 6.42 Å². The first-order valence-electron chi connectivity index (χ1n) is 8.42. The number of rotatable bonds is 7. The minimum absolute atomic E-state index is 0.173. The van der Waals surface area contributed by atoms with E-state index in [1.54, 1.807) is 45.4 Å². The van der Waals surface area contributed by atoms with Gasteiger partial charge in [0.2, 0.25) is 5.91 Å². The van der Waals surface area contributed by atoms with Gasteiger partial charge in [0.1, 0.15) is 11.5 Å². The Balaban J connectivity index is 2.00. The molecule has 1 N–H and O–H groups in total. The van der Waals surface area contributed by atoms with E-state index < -0.39 is 17.8 Å². The van der Waals surface area contributed by atoms with Crippen molar-refractivity contribution in [1.82, 2.24) is 5.32 Å². The van der Waals surface area contributed by atoms with Gasteiger partial charge in [0.05, 0.1) is 25.8 Å². The fraction of sp³-hybridized carbons (Fsp3) is 0.350. The number of hydrogen-bond acceptors (Lipinski definition) is 3. The summed E-state index contributed by atoms with van der Waals surface area (Å²) in [5.41, 5.74) is 0.484. The molecule has 1 atom stereocenters. The highest BCUT2D eigenvalue weighted by Gasteiger charge is 2.30. The maximum Gasteiger partial charge on any atom is 0.416 e. The predicted octanol–water partition coefficient (Wildman–Crippen LogP) is 4.53. The average Bonchev–Trinajstić information content (AvgIpc) is 2.65. The Morgan fingerprint density at radius 2 is 1.85 bits per heavy atom. The molecule has 2 aromatic carbocycles. The van der Waals surface area contributed by atoms with Gasteiger partial charge in [-0.3, -0.25) is 4.79 Å². The molecule has 7 heteroatoms. The number of methoxy groups -OCH3 is 2. The van der Waals surface area contributed by atoms with E-state index in [9.17, 15) is 18.0 Å². The average molecular weight is 381 g/mol. The number of halogens is 3. The molecule has 146 valence electrons. The van der Waals surface area contributed by atoms with Gasteiger partial charge in [0.25, 0.3) is 0 Å². The third kappa shape index (κ3) is 5.64. The smallest absolute Gasteiger partial charge is 0.416 e. The molecule has 0 fully saturated rings. The number of hydrogen-bond donors (Lipinski definition) is 1. The molecule has 0 saturated heterocycles. The third-order valence-corrected chi connectivity index (χ3v) is 4.20. The van der Waals surface area contributed by atoms with Crippen LogP contribution in [0.25, 0.3) is 0 Å². The van der Waals surface area contributed by atoms with E-state index in [0.29, 0.717) is 23.5 Å². The van der Waals surface area contributed by atoms with Crippen molar-refractivity contribution in [2.24, 2.45) is 0 Å². The van der Waals surface area contributed by atoms with Crippen LogP contribution in [0.5, 0.6) is 11.5 Å². The van der Waals surface area contributed by atoms with Gasteiger partial charge >= 0.3 is 6.18 Å². The second kappa shape index (κ2) is 8.79. The second-order valence-corrected chi connectivity index (χ2v) is 6.09. The molecule has 2 rings (SSSR count). The summed E-state index contributed by atoms with van der Waals surface area (Å²) in [6, 6.07) is 9.74. The van der Waals surface area contributed by atoms with Gasteiger partial charge in [-0.25, -0.2) is 0 Å². The van der Waals surface area contributed by atoms with E-state index in [0.717, 1.165) is 17.7 Å². The molecular formula is C20H22F3NO3. The summed E-state index contributed by atoms with van der Waals surface area (Å²) in [6.07, 6.45) is -3.82. The van der Waals surface area contributed by atoms with E-state index in [-0.39, 0.29) is 12.3 Å². The number of ether oxygens (including phenoxy) is 2. The van der Waals surface area contributed by atoms with Crippen LogP contribution in [0.15, 0.2) is 42.5 Å². The molecule has 0 aliphatic heterocycles. The number of benzene rings is 2. The Bertz CT molecular complexity index is 790. The van der Waals surface area contributed by atoms with E-state index in [1.165, 1.54) is 6.07 Å². The van der Waals surface area contributed by atoms with E-state index in [4.69, 9.17) is 9.47 Å². The van der Waals surface area contributed by atoms with Gasteiger partial charge in [-0.15, -0.1) is 0 Å². The van der Waals surface area contributed by atoms with E-state index >= 15 is 0 Å². The zero-order valence-corrected chi connectivity index (χ0v) is 15.4. The molecule has 0 aromatic heterocycles. The topological polar surface area (TPSA) is 47.6 Å². The normalized spacial score (nSPS) is 12.4. The first-order chi connectivity index (χ1) is 12.7. The maximum atomic E-state index is 12.8. The molecule has 0 saturated carbocycles. The number of carbonyl (C=O) groups is 1. The van der Waals surface area contributed by atoms with Crippen LogP contribution < -0.4 is 14.8 Å². The summed E-state index contributed by atoms with van der Waals surface area (Å²) in [7, 11) is 3.09. The molecule has 0 spiro atoms. The monoisotopic (exact) mass is 381 g/mol. The van der Waals surface area contributed by atoms with Crippen LogP contribution in [0.2, 0.25) is 0 Å². The Kier molecular flexibility index (Phi) is 6.71. The molecule has 27 heavy (non-hydrogen) atoms. The Morgan fingerprint density at radius 1 is 1.11 bits per heavy atom. The molecule has 0 aliphatic rings. The molecule has 4 nitrogen and oxygen atoms in total. The van der Waals surface area contributed by atoms with Crippen molar-refractivity contribution < 1.29 is 27.4 Å². The fourth-order valence-electron chi connectivity index (χ4n) is 2.71. The summed E-state index contributed by atoms with van der Waals surface area (Å²) >= 11 is 0. The first kappa shape index (κ1) is 20.6. The summed E-state index contributed by atoms with van der Waals surface area (Å²) in [4.78, 5) is 12.2. The maximum absolute atomic E-state index is 12.8. The van der Waals surface area contributed by atoms with Crippen molar-refractivity contribution >= 4 is 5.91 Å². The lowest BCUT2D eigenvalue weighted by atomic mass is 10.0. The van der Waals surface area contributed by atoms with Crippen LogP contribution in [-0.4, -0.2) is 20.1 Å². The molecule has 2 aromatic rings. The van der Waals surface area contributed by atoms with Crippen molar-refractivity contribution in [3.05, 3.63) is 59.2 Å². The number of alkyl halides is 3. The summed E-state index contributed by atoms with van der Waals surface area (Å²) in [5.74, 6) is 1.04. The van der Waals surface area contributed by atoms with Gasteiger partial charge in [0.15, 0.2) is 0 Å². The van der Waals surface area contributed by atoms with Crippen LogP contribution in [0.4, 0.5) is 13.2 Å². The van der Waals surface area contributed by atoms with Crippen LogP contribution >= 0.6 is 0 Å². The number of amides is 1. The first-order valence-corrected chi connectivity index (χ1v) is 8.42. The zero-order chi connectivity index (χ0) is 20.0. The van der Waals surface area contributed by atoms with E-state index in [2.05, 4.69) is 5.32 Å². The van der Waals surface area contributed by atoms with Gasteiger partial charge in [-0.2, -0.15) is 13.2 Å². The predicted molar refractivity (Wildman–Crippen MR) is 95.9 cm³/mol. The third-order valence-electron chi connectivity index (χ3n) is 4.20. The molecule has 0 aliphatic carbocycles. The standard InChI is InChI=1S/C20H22F3NO3/c1-13(14-5-4-6-16(11-14)20(21,22)23)24-19(25)10-7-15-12-17(26-2)8-9-18(15)27-3/h4-6,8-9,11-13H,7,10H2,1-3H3,(H,24,25). The molecule has 1 unspecified atom stereocenters. The number of carbonyl (C=O) groups excluding carboxylic acids is 1. The quantitative estimate of drug-likeness (QED) is 0.766. The lowest BCUT2D eigenvalue weighted by Gasteiger charge is -2.16. The zero-order valence-electron chi connectivity index (χ0n) is 15.4. The number of nitrogens with one attached hydrogen (secondary N) is 1. The summed E-state index contributed by atoms with van der Waals surface area (Å²) in [5, 5.41) is 2.73. The van der Waals surface area contributed by atoms with E-state index in [1.807, 2.05) is 0 Å². The molecule has 0 heterocycles. The minimum Gasteiger partial charge on any atom is -0.497 e. The lowest BCUT2D eigenvalue weighted by Crippen LogP contribution is -2.27. The Morgan fingerprint density at radius 3 is 2.48 bits per heavy atom. The minimum atomic E-state index is -4.41. The second-order valence-electron chi connectivity index (χ2n) is 6.09. The Hall–Kier alpha value is -2.70. The van der Waals surface area contributed by atoms with Crippen molar-refractivity contribution in [2.75, 3.05) is 14.2 Å². The Labute approximate surface area is 156 Å². The number of aryl methyl sites for hydroxylation is 1. The van der Waals surface area contributed by atoms with Crippen molar-refractivity contribution in [2.45, 2.75) is 32.0 Å².